The van der Waals surface area contributed by atoms with Crippen LogP contribution in [-0.4, -0.2) is 27.9 Å². The van der Waals surface area contributed by atoms with Crippen LogP contribution in [0.1, 0.15) is 12.8 Å². The van der Waals surface area contributed by atoms with Crippen LogP contribution in [0.15, 0.2) is 11.5 Å². The Bertz CT molecular complexity index is 188. The van der Waals surface area contributed by atoms with Gasteiger partial charge in [0, 0.05) is 12.5 Å². The Balaban J connectivity index is 3.21. The largest absolute Gasteiger partial charge is 0.481 e. The zero-order chi connectivity index (χ0) is 9.40. The van der Waals surface area contributed by atoms with Gasteiger partial charge < -0.3 is 10.2 Å². The summed E-state index contributed by atoms with van der Waals surface area (Å²) in [5.41, 5.74) is 0. The number of hydrogen-bond acceptors (Lipinski definition) is 3. The molecule has 0 aliphatic heterocycles. The fraction of sp³-hybridized carbons (Fsp3) is 0.429. The monoisotopic (exact) mass is 190 g/mol. The minimum absolute atomic E-state index is 0.133. The molecule has 0 spiro atoms. The molecule has 0 rings (SSSR count). The molecule has 2 N–H and O–H groups in total. The number of rotatable bonds is 6. The van der Waals surface area contributed by atoms with Crippen molar-refractivity contribution in [2.75, 3.05) is 5.75 Å². The zero-order valence-electron chi connectivity index (χ0n) is 6.40. The van der Waals surface area contributed by atoms with Gasteiger partial charge in [0.15, 0.2) is 0 Å². The highest BCUT2D eigenvalue weighted by atomic mass is 32.2. The Labute approximate surface area is 74.3 Å². The van der Waals surface area contributed by atoms with Gasteiger partial charge in [0.2, 0.25) is 0 Å². The summed E-state index contributed by atoms with van der Waals surface area (Å²) in [6.07, 6.45) is 1.73. The summed E-state index contributed by atoms with van der Waals surface area (Å²) in [6.45, 7) is 0. The minimum atomic E-state index is -0.985. The molecule has 0 aromatic rings. The molecule has 0 heterocycles. The lowest BCUT2D eigenvalue weighted by Gasteiger charge is -1.91. The molecule has 0 radical (unpaired) electrons. The van der Waals surface area contributed by atoms with Gasteiger partial charge in [-0.1, -0.05) is 0 Å². The molecule has 12 heavy (non-hydrogen) atoms. The van der Waals surface area contributed by atoms with E-state index in [0.717, 1.165) is 6.08 Å². The van der Waals surface area contributed by atoms with Gasteiger partial charge >= 0.3 is 11.9 Å². The Morgan fingerprint density at radius 2 is 2.00 bits per heavy atom. The van der Waals surface area contributed by atoms with Gasteiger partial charge in [-0.3, -0.25) is 4.79 Å². The van der Waals surface area contributed by atoms with Crippen LogP contribution >= 0.6 is 11.8 Å². The first kappa shape index (κ1) is 11.0. The van der Waals surface area contributed by atoms with E-state index in [0.29, 0.717) is 12.2 Å². The highest BCUT2D eigenvalue weighted by molar-refractivity contribution is 8.02. The van der Waals surface area contributed by atoms with Gasteiger partial charge in [0.1, 0.15) is 0 Å². The third-order valence-electron chi connectivity index (χ3n) is 0.960. The second-order valence-electron chi connectivity index (χ2n) is 2.01. The average Bonchev–Trinajstić information content (AvgIpc) is 1.95. The summed E-state index contributed by atoms with van der Waals surface area (Å²) in [7, 11) is 0. The Morgan fingerprint density at radius 3 is 2.50 bits per heavy atom. The van der Waals surface area contributed by atoms with Crippen molar-refractivity contribution in [3.05, 3.63) is 11.5 Å². The second-order valence-corrected chi connectivity index (χ2v) is 3.02. The van der Waals surface area contributed by atoms with Gasteiger partial charge in [-0.15, -0.1) is 11.8 Å². The highest BCUT2D eigenvalue weighted by Crippen LogP contribution is 2.05. The van der Waals surface area contributed by atoms with Crippen molar-refractivity contribution in [2.24, 2.45) is 0 Å². The first-order valence-electron chi connectivity index (χ1n) is 3.36. The summed E-state index contributed by atoms with van der Waals surface area (Å²) in [6, 6.07) is 0. The topological polar surface area (TPSA) is 74.6 Å². The van der Waals surface area contributed by atoms with Crippen molar-refractivity contribution < 1.29 is 19.8 Å². The van der Waals surface area contributed by atoms with Crippen LogP contribution in [0.2, 0.25) is 0 Å². The van der Waals surface area contributed by atoms with Crippen molar-refractivity contribution in [1.82, 2.24) is 0 Å². The van der Waals surface area contributed by atoms with Crippen molar-refractivity contribution in [3.8, 4) is 0 Å². The van der Waals surface area contributed by atoms with Crippen molar-refractivity contribution in [3.63, 3.8) is 0 Å². The summed E-state index contributed by atoms with van der Waals surface area (Å²) >= 11 is 1.30. The van der Waals surface area contributed by atoms with Crippen molar-refractivity contribution >= 4 is 23.7 Å². The summed E-state index contributed by atoms with van der Waals surface area (Å²) in [5.74, 6) is -1.17. The van der Waals surface area contributed by atoms with Gasteiger partial charge in [-0.05, 0) is 17.6 Å². The zero-order valence-corrected chi connectivity index (χ0v) is 7.21. The number of aliphatic carboxylic acids is 2. The van der Waals surface area contributed by atoms with Gasteiger partial charge in [-0.2, -0.15) is 0 Å². The maximum atomic E-state index is 10.0. The lowest BCUT2D eigenvalue weighted by atomic mass is 10.3. The van der Waals surface area contributed by atoms with Crippen LogP contribution in [0.3, 0.4) is 0 Å². The molecule has 5 heteroatoms. The number of thioether (sulfide) groups is 1. The molecule has 0 saturated carbocycles. The Hall–Kier alpha value is -0.970. The van der Waals surface area contributed by atoms with E-state index in [2.05, 4.69) is 0 Å². The van der Waals surface area contributed by atoms with Crippen LogP contribution in [-0.2, 0) is 9.59 Å². The number of hydrogen-bond donors (Lipinski definition) is 2. The van der Waals surface area contributed by atoms with Crippen LogP contribution in [0.4, 0.5) is 0 Å². The lowest BCUT2D eigenvalue weighted by Crippen LogP contribution is -1.94. The number of carbonyl (C=O) groups is 2. The van der Waals surface area contributed by atoms with E-state index in [-0.39, 0.29) is 6.42 Å². The average molecular weight is 190 g/mol. The molecule has 0 amide bonds. The van der Waals surface area contributed by atoms with Gasteiger partial charge in [-0.25, -0.2) is 4.79 Å². The standard InChI is InChI=1S/C7H10O4S/c8-6(9)2-1-4-12-5-3-7(10)11/h3,5H,1-2,4H2,(H,8,9)(H,10,11)/b5-3-. The summed E-state index contributed by atoms with van der Waals surface area (Å²) in [4.78, 5) is 20.0. The third-order valence-corrected chi connectivity index (χ3v) is 1.81. The van der Waals surface area contributed by atoms with Crippen molar-refractivity contribution in [1.29, 1.82) is 0 Å². The summed E-state index contributed by atoms with van der Waals surface area (Å²) < 4.78 is 0. The molecule has 0 bridgehead atoms. The SMILES string of the molecule is O=C(O)/C=C\SCCCC(=O)O. The van der Waals surface area contributed by atoms with E-state index in [4.69, 9.17) is 10.2 Å². The lowest BCUT2D eigenvalue weighted by molar-refractivity contribution is -0.137. The van der Waals surface area contributed by atoms with E-state index in [1.165, 1.54) is 17.2 Å². The predicted molar refractivity (Wildman–Crippen MR) is 46.1 cm³/mol. The predicted octanol–water partition coefficient (Wildman–Crippen LogP) is 1.18. The molecule has 0 aliphatic rings. The minimum Gasteiger partial charge on any atom is -0.481 e. The highest BCUT2D eigenvalue weighted by Gasteiger charge is 1.94. The number of carboxylic acid groups (broad SMARTS) is 2. The molecular weight excluding hydrogens is 180 g/mol. The smallest absolute Gasteiger partial charge is 0.328 e. The van der Waals surface area contributed by atoms with E-state index >= 15 is 0 Å². The van der Waals surface area contributed by atoms with Crippen LogP contribution in [0.5, 0.6) is 0 Å². The molecule has 0 atom stereocenters. The molecule has 0 aromatic heterocycles. The second kappa shape index (κ2) is 6.72. The quantitative estimate of drug-likeness (QED) is 0.486. The van der Waals surface area contributed by atoms with Gasteiger partial charge in [0.25, 0.3) is 0 Å². The maximum Gasteiger partial charge on any atom is 0.328 e. The number of carboxylic acids is 2. The van der Waals surface area contributed by atoms with E-state index in [9.17, 15) is 9.59 Å². The molecule has 0 fully saturated rings. The van der Waals surface area contributed by atoms with Crippen LogP contribution < -0.4 is 0 Å². The molecular formula is C7H10O4S. The Morgan fingerprint density at radius 1 is 1.33 bits per heavy atom. The maximum absolute atomic E-state index is 10.0. The molecule has 0 saturated heterocycles. The van der Waals surface area contributed by atoms with Gasteiger partial charge in [0.05, 0.1) is 0 Å². The first-order chi connectivity index (χ1) is 5.63. The fourth-order valence-electron chi connectivity index (χ4n) is 0.481. The van der Waals surface area contributed by atoms with E-state index in [1.54, 1.807) is 0 Å². The van der Waals surface area contributed by atoms with Crippen LogP contribution in [0.25, 0.3) is 0 Å². The van der Waals surface area contributed by atoms with Crippen LogP contribution in [0, 0.1) is 0 Å². The van der Waals surface area contributed by atoms with Crippen molar-refractivity contribution in [2.45, 2.75) is 12.8 Å². The first-order valence-corrected chi connectivity index (χ1v) is 4.40. The normalized spacial score (nSPS) is 10.3. The molecule has 0 aromatic carbocycles. The summed E-state index contributed by atoms with van der Waals surface area (Å²) in [5, 5.41) is 17.8. The fourth-order valence-corrected chi connectivity index (χ4v) is 1.14. The molecule has 0 aliphatic carbocycles. The van der Waals surface area contributed by atoms with E-state index in [1.807, 2.05) is 0 Å². The molecule has 0 unspecified atom stereocenters. The van der Waals surface area contributed by atoms with E-state index < -0.39 is 11.9 Å². The molecule has 4 nitrogen and oxygen atoms in total. The Kier molecular flexibility index (Phi) is 6.18. The molecule has 68 valence electrons. The third kappa shape index (κ3) is 9.03.